The number of furan rings is 1. The summed E-state index contributed by atoms with van der Waals surface area (Å²) in [6.45, 7) is 5.33. The first-order valence-electron chi connectivity index (χ1n) is 12.8. The SMILES string of the molecule is C=C(C)C(=O)OCCCC(O)C(O)CCCOc1ccc2cc(-c3sc(CCCO)cc3OC(F)(F)F)oc2c1. The monoisotopic (exact) mass is 586 g/mol. The number of halogens is 3. The van der Waals surface area contributed by atoms with Gasteiger partial charge < -0.3 is 33.9 Å². The zero-order valence-corrected chi connectivity index (χ0v) is 22.9. The van der Waals surface area contributed by atoms with Crippen molar-refractivity contribution < 1.29 is 51.9 Å². The molecule has 2 heterocycles. The second-order valence-electron chi connectivity index (χ2n) is 9.28. The maximum absolute atomic E-state index is 13.0. The lowest BCUT2D eigenvalue weighted by molar-refractivity contribution is -0.274. The highest BCUT2D eigenvalue weighted by molar-refractivity contribution is 7.15. The molecule has 3 N–H and O–H groups in total. The highest BCUT2D eigenvalue weighted by Crippen LogP contribution is 2.43. The van der Waals surface area contributed by atoms with Crippen molar-refractivity contribution in [3.05, 3.63) is 47.4 Å². The zero-order valence-electron chi connectivity index (χ0n) is 22.0. The van der Waals surface area contributed by atoms with Crippen LogP contribution in [0.15, 0.2) is 46.9 Å². The quantitative estimate of drug-likeness (QED) is 0.110. The Hall–Kier alpha value is -3.06. The first kappa shape index (κ1) is 31.5. The van der Waals surface area contributed by atoms with E-state index >= 15 is 0 Å². The van der Waals surface area contributed by atoms with Gasteiger partial charge in [0, 0.05) is 28.5 Å². The van der Waals surface area contributed by atoms with Gasteiger partial charge in [0.25, 0.3) is 0 Å². The van der Waals surface area contributed by atoms with Crippen LogP contribution < -0.4 is 9.47 Å². The molecule has 3 aromatic rings. The van der Waals surface area contributed by atoms with Crippen molar-refractivity contribution in [1.82, 2.24) is 0 Å². The van der Waals surface area contributed by atoms with Gasteiger partial charge in [-0.05, 0) is 69.7 Å². The third-order valence-corrected chi connectivity index (χ3v) is 7.04. The van der Waals surface area contributed by atoms with Crippen LogP contribution in [0.4, 0.5) is 13.2 Å². The number of carbonyl (C=O) groups is 1. The van der Waals surface area contributed by atoms with E-state index in [4.69, 9.17) is 19.0 Å². The first-order valence-corrected chi connectivity index (χ1v) is 13.6. The number of aliphatic hydroxyl groups is 3. The van der Waals surface area contributed by atoms with Crippen molar-refractivity contribution in [2.75, 3.05) is 19.8 Å². The molecule has 0 spiro atoms. The molecule has 0 bridgehead atoms. The van der Waals surface area contributed by atoms with E-state index in [0.29, 0.717) is 59.3 Å². The van der Waals surface area contributed by atoms with Crippen molar-refractivity contribution in [1.29, 1.82) is 0 Å². The van der Waals surface area contributed by atoms with Crippen LogP contribution in [-0.2, 0) is 16.0 Å². The lowest BCUT2D eigenvalue weighted by atomic mass is 10.0. The van der Waals surface area contributed by atoms with Crippen LogP contribution in [0.2, 0.25) is 0 Å². The van der Waals surface area contributed by atoms with Gasteiger partial charge in [-0.3, -0.25) is 0 Å². The number of hydrogen-bond donors (Lipinski definition) is 3. The molecule has 12 heteroatoms. The number of aliphatic hydroxyl groups excluding tert-OH is 3. The summed E-state index contributed by atoms with van der Waals surface area (Å²) in [4.78, 5) is 12.2. The Kier molecular flexibility index (Phi) is 11.4. The number of fused-ring (bicyclic) bond motifs is 1. The third kappa shape index (κ3) is 9.54. The Morgan fingerprint density at radius 2 is 1.77 bits per heavy atom. The number of thiophene rings is 1. The summed E-state index contributed by atoms with van der Waals surface area (Å²) >= 11 is 1.11. The van der Waals surface area contributed by atoms with Crippen LogP contribution >= 0.6 is 11.3 Å². The molecular weight excluding hydrogens is 553 g/mol. The summed E-state index contributed by atoms with van der Waals surface area (Å²) in [6, 6.07) is 7.99. The maximum Gasteiger partial charge on any atom is 0.573 e. The second-order valence-corrected chi connectivity index (χ2v) is 10.4. The summed E-state index contributed by atoms with van der Waals surface area (Å²) in [6.07, 6.45) is -4.55. The van der Waals surface area contributed by atoms with Crippen LogP contribution in [-0.4, -0.2) is 59.7 Å². The number of esters is 1. The molecule has 0 aliphatic rings. The Morgan fingerprint density at radius 3 is 2.42 bits per heavy atom. The van der Waals surface area contributed by atoms with Gasteiger partial charge in [0.1, 0.15) is 22.0 Å². The number of hydrogen-bond acceptors (Lipinski definition) is 9. The minimum Gasteiger partial charge on any atom is -0.493 e. The predicted octanol–water partition coefficient (Wildman–Crippen LogP) is 5.77. The number of ether oxygens (including phenoxy) is 3. The Labute approximate surface area is 233 Å². The molecule has 220 valence electrons. The molecule has 2 aromatic heterocycles. The van der Waals surface area contributed by atoms with Gasteiger partial charge in [-0.1, -0.05) is 6.58 Å². The third-order valence-electron chi connectivity index (χ3n) is 5.85. The standard InChI is InChI=1S/C28H33F3O8S/c1-17(2)27(35)37-13-5-8-22(34)21(33)7-4-12-36-19-10-9-18-14-24(38-23(18)15-19)26-25(39-28(29,30)31)16-20(40-26)6-3-11-32/h9-10,14-16,21-22,32-34H,1,3-8,11-13H2,2H3. The smallest absolute Gasteiger partial charge is 0.493 e. The van der Waals surface area contributed by atoms with Crippen molar-refractivity contribution in [2.24, 2.45) is 0 Å². The number of alkyl halides is 3. The van der Waals surface area contributed by atoms with Gasteiger partial charge >= 0.3 is 12.3 Å². The fourth-order valence-corrected chi connectivity index (χ4v) is 4.91. The lowest BCUT2D eigenvalue weighted by Gasteiger charge is -2.17. The van der Waals surface area contributed by atoms with E-state index < -0.39 is 24.5 Å². The molecule has 1 aromatic carbocycles. The summed E-state index contributed by atoms with van der Waals surface area (Å²) in [5.74, 6) is -0.150. The molecule has 8 nitrogen and oxygen atoms in total. The van der Waals surface area contributed by atoms with Gasteiger partial charge in [0.05, 0.1) is 25.4 Å². The number of rotatable bonds is 16. The molecule has 0 saturated carbocycles. The maximum atomic E-state index is 13.0. The van der Waals surface area contributed by atoms with E-state index in [9.17, 15) is 28.2 Å². The van der Waals surface area contributed by atoms with Gasteiger partial charge in [-0.25, -0.2) is 4.79 Å². The van der Waals surface area contributed by atoms with Gasteiger partial charge in [-0.2, -0.15) is 0 Å². The summed E-state index contributed by atoms with van der Waals surface area (Å²) < 4.78 is 59.6. The average molecular weight is 587 g/mol. The molecule has 2 atom stereocenters. The molecule has 40 heavy (non-hydrogen) atoms. The Bertz CT molecular complexity index is 1270. The number of aryl methyl sites for hydroxylation is 1. The highest BCUT2D eigenvalue weighted by Gasteiger charge is 2.33. The summed E-state index contributed by atoms with van der Waals surface area (Å²) in [7, 11) is 0. The Balaban J connectivity index is 1.54. The largest absolute Gasteiger partial charge is 0.573 e. The number of benzene rings is 1. The topological polar surface area (TPSA) is 119 Å². The van der Waals surface area contributed by atoms with Crippen LogP contribution in [0.1, 0.15) is 43.9 Å². The van der Waals surface area contributed by atoms with Crippen molar-refractivity contribution >= 4 is 28.3 Å². The van der Waals surface area contributed by atoms with Gasteiger partial charge in [0.15, 0.2) is 5.75 Å². The fraction of sp³-hybridized carbons (Fsp3) is 0.464. The Morgan fingerprint density at radius 1 is 1.07 bits per heavy atom. The highest BCUT2D eigenvalue weighted by atomic mass is 32.1. The summed E-state index contributed by atoms with van der Waals surface area (Å²) in [5, 5.41) is 30.0. The molecular formula is C28H33F3O8S. The molecule has 0 aliphatic heterocycles. The van der Waals surface area contributed by atoms with E-state index in [-0.39, 0.29) is 42.6 Å². The second kappa shape index (κ2) is 14.5. The average Bonchev–Trinajstić information content (AvgIpc) is 3.49. The normalized spacial score (nSPS) is 13.3. The van der Waals surface area contributed by atoms with Crippen LogP contribution in [0.5, 0.6) is 11.5 Å². The van der Waals surface area contributed by atoms with Gasteiger partial charge in [0.2, 0.25) is 0 Å². The molecule has 2 unspecified atom stereocenters. The minimum atomic E-state index is -4.86. The summed E-state index contributed by atoms with van der Waals surface area (Å²) in [5.41, 5.74) is 0.710. The van der Waals surface area contributed by atoms with Crippen LogP contribution in [0, 0.1) is 0 Å². The van der Waals surface area contributed by atoms with E-state index in [1.54, 1.807) is 31.2 Å². The van der Waals surface area contributed by atoms with Crippen molar-refractivity contribution in [3.8, 4) is 22.1 Å². The molecule has 0 radical (unpaired) electrons. The van der Waals surface area contributed by atoms with Crippen LogP contribution in [0.3, 0.4) is 0 Å². The number of carbonyl (C=O) groups excluding carboxylic acids is 1. The van der Waals surface area contributed by atoms with Crippen molar-refractivity contribution in [2.45, 2.75) is 64.0 Å². The molecule has 0 amide bonds. The minimum absolute atomic E-state index is 0.0789. The predicted molar refractivity (Wildman–Crippen MR) is 143 cm³/mol. The van der Waals surface area contributed by atoms with Crippen LogP contribution in [0.25, 0.3) is 21.6 Å². The molecule has 0 saturated heterocycles. The molecule has 0 fully saturated rings. The lowest BCUT2D eigenvalue weighted by Crippen LogP contribution is -2.26. The molecule has 0 aliphatic carbocycles. The van der Waals surface area contributed by atoms with E-state index in [1.807, 2.05) is 0 Å². The first-order chi connectivity index (χ1) is 19.0. The fourth-order valence-electron chi connectivity index (χ4n) is 3.83. The molecule has 3 rings (SSSR count). The van der Waals surface area contributed by atoms with E-state index in [2.05, 4.69) is 11.3 Å². The van der Waals surface area contributed by atoms with E-state index in [0.717, 1.165) is 11.3 Å². The zero-order chi connectivity index (χ0) is 29.3. The van der Waals surface area contributed by atoms with E-state index in [1.165, 1.54) is 6.07 Å². The van der Waals surface area contributed by atoms with Gasteiger partial charge in [-0.15, -0.1) is 24.5 Å². The van der Waals surface area contributed by atoms with Crippen molar-refractivity contribution in [3.63, 3.8) is 0 Å².